The Balaban J connectivity index is 1.58. The van der Waals surface area contributed by atoms with E-state index in [1.54, 1.807) is 0 Å². The van der Waals surface area contributed by atoms with Crippen molar-refractivity contribution in [3.8, 4) is 0 Å². The first-order valence-corrected chi connectivity index (χ1v) is 10.1. The summed E-state index contributed by atoms with van der Waals surface area (Å²) in [5.41, 5.74) is 1.20. The van der Waals surface area contributed by atoms with Crippen LogP contribution in [0.2, 0.25) is 0 Å². The SMILES string of the molecule is CCNC(=NCC(C)COCc1ccccc1)NCCCOC1CCOC1. The van der Waals surface area contributed by atoms with Gasteiger partial charge in [-0.2, -0.15) is 0 Å². The Kier molecular flexibility index (Phi) is 10.9. The van der Waals surface area contributed by atoms with Crippen LogP contribution < -0.4 is 10.6 Å². The Labute approximate surface area is 163 Å². The molecule has 1 aromatic rings. The van der Waals surface area contributed by atoms with Crippen LogP contribution in [0.4, 0.5) is 0 Å². The third kappa shape index (κ3) is 9.75. The van der Waals surface area contributed by atoms with Gasteiger partial charge in [-0.1, -0.05) is 37.3 Å². The number of hydrogen-bond donors (Lipinski definition) is 2. The smallest absolute Gasteiger partial charge is 0.191 e. The molecule has 2 atom stereocenters. The molecule has 0 radical (unpaired) electrons. The average Bonchev–Trinajstić information content (AvgIpc) is 3.20. The van der Waals surface area contributed by atoms with Crippen molar-refractivity contribution in [2.45, 2.75) is 39.4 Å². The second kappa shape index (κ2) is 13.5. The molecular formula is C21H35N3O3. The van der Waals surface area contributed by atoms with Crippen molar-refractivity contribution >= 4 is 5.96 Å². The van der Waals surface area contributed by atoms with Gasteiger partial charge in [-0.25, -0.2) is 0 Å². The Morgan fingerprint density at radius 1 is 1.30 bits per heavy atom. The molecule has 1 aliphatic rings. The molecule has 2 N–H and O–H groups in total. The maximum absolute atomic E-state index is 5.80. The molecule has 1 aromatic carbocycles. The minimum Gasteiger partial charge on any atom is -0.379 e. The Bertz CT molecular complexity index is 519. The van der Waals surface area contributed by atoms with Gasteiger partial charge in [0.05, 0.1) is 25.9 Å². The maximum Gasteiger partial charge on any atom is 0.191 e. The molecule has 1 fully saturated rings. The molecule has 1 aliphatic heterocycles. The van der Waals surface area contributed by atoms with Crippen molar-refractivity contribution in [1.29, 1.82) is 0 Å². The van der Waals surface area contributed by atoms with Gasteiger partial charge in [0.25, 0.3) is 0 Å². The zero-order chi connectivity index (χ0) is 19.2. The summed E-state index contributed by atoms with van der Waals surface area (Å²) < 4.78 is 16.9. The molecule has 6 nitrogen and oxygen atoms in total. The Morgan fingerprint density at radius 2 is 2.15 bits per heavy atom. The number of guanidine groups is 1. The van der Waals surface area contributed by atoms with E-state index in [0.29, 0.717) is 19.1 Å². The highest BCUT2D eigenvalue weighted by Gasteiger charge is 2.15. The van der Waals surface area contributed by atoms with E-state index in [1.165, 1.54) is 5.56 Å². The van der Waals surface area contributed by atoms with Gasteiger partial charge in [0.2, 0.25) is 0 Å². The van der Waals surface area contributed by atoms with Gasteiger partial charge in [-0.15, -0.1) is 0 Å². The first kappa shape index (κ1) is 21.7. The van der Waals surface area contributed by atoms with Gasteiger partial charge in [0, 0.05) is 32.8 Å². The van der Waals surface area contributed by atoms with Crippen molar-refractivity contribution in [2.24, 2.45) is 10.9 Å². The monoisotopic (exact) mass is 377 g/mol. The number of nitrogens with zero attached hydrogens (tertiary/aromatic N) is 1. The van der Waals surface area contributed by atoms with Crippen LogP contribution in [0.15, 0.2) is 35.3 Å². The first-order valence-electron chi connectivity index (χ1n) is 10.1. The lowest BCUT2D eigenvalue weighted by Crippen LogP contribution is -2.38. The van der Waals surface area contributed by atoms with Crippen LogP contribution in [0.25, 0.3) is 0 Å². The predicted molar refractivity (Wildman–Crippen MR) is 109 cm³/mol. The van der Waals surface area contributed by atoms with Crippen molar-refractivity contribution in [2.75, 3.05) is 46.1 Å². The molecule has 0 amide bonds. The molecule has 1 heterocycles. The highest BCUT2D eigenvalue weighted by atomic mass is 16.5. The number of hydrogen-bond acceptors (Lipinski definition) is 4. The molecule has 0 aliphatic carbocycles. The van der Waals surface area contributed by atoms with E-state index in [9.17, 15) is 0 Å². The van der Waals surface area contributed by atoms with Crippen molar-refractivity contribution < 1.29 is 14.2 Å². The van der Waals surface area contributed by atoms with E-state index in [0.717, 1.165) is 58.3 Å². The average molecular weight is 378 g/mol. The van der Waals surface area contributed by atoms with Crippen molar-refractivity contribution in [3.63, 3.8) is 0 Å². The van der Waals surface area contributed by atoms with E-state index in [4.69, 9.17) is 14.2 Å². The van der Waals surface area contributed by atoms with Crippen LogP contribution in [0.3, 0.4) is 0 Å². The molecular weight excluding hydrogens is 342 g/mol. The summed E-state index contributed by atoms with van der Waals surface area (Å²) in [5, 5.41) is 6.66. The van der Waals surface area contributed by atoms with Crippen LogP contribution in [-0.4, -0.2) is 58.1 Å². The molecule has 6 heteroatoms. The summed E-state index contributed by atoms with van der Waals surface area (Å²) in [5.74, 6) is 1.23. The fourth-order valence-electron chi connectivity index (χ4n) is 2.77. The van der Waals surface area contributed by atoms with E-state index >= 15 is 0 Å². The van der Waals surface area contributed by atoms with Crippen LogP contribution in [0, 0.1) is 5.92 Å². The quantitative estimate of drug-likeness (QED) is 0.333. The zero-order valence-corrected chi connectivity index (χ0v) is 16.8. The molecule has 0 aromatic heterocycles. The molecule has 2 rings (SSSR count). The summed E-state index contributed by atoms with van der Waals surface area (Å²) in [6.07, 6.45) is 2.25. The summed E-state index contributed by atoms with van der Waals surface area (Å²) in [7, 11) is 0. The number of aliphatic imine (C=N–C) groups is 1. The van der Waals surface area contributed by atoms with Gasteiger partial charge in [-0.3, -0.25) is 4.99 Å². The van der Waals surface area contributed by atoms with Crippen LogP contribution in [0.5, 0.6) is 0 Å². The standard InChI is InChI=1S/C21H35N3O3/c1-3-22-21(23-11-7-12-27-20-10-13-25-17-20)24-14-18(2)15-26-16-19-8-5-4-6-9-19/h4-6,8-9,18,20H,3,7,10-17H2,1-2H3,(H2,22,23,24). The lowest BCUT2D eigenvalue weighted by molar-refractivity contribution is 0.0420. The number of rotatable bonds is 12. The largest absolute Gasteiger partial charge is 0.379 e. The highest BCUT2D eigenvalue weighted by Crippen LogP contribution is 2.08. The normalized spacial score (nSPS) is 18.4. The van der Waals surface area contributed by atoms with Gasteiger partial charge >= 0.3 is 0 Å². The lowest BCUT2D eigenvalue weighted by atomic mass is 10.2. The molecule has 1 saturated heterocycles. The highest BCUT2D eigenvalue weighted by molar-refractivity contribution is 5.79. The third-order valence-electron chi connectivity index (χ3n) is 4.27. The molecule has 152 valence electrons. The summed E-state index contributed by atoms with van der Waals surface area (Å²) in [6, 6.07) is 10.3. The van der Waals surface area contributed by atoms with Crippen LogP contribution in [-0.2, 0) is 20.8 Å². The molecule has 0 saturated carbocycles. The number of ether oxygens (including phenoxy) is 3. The molecule has 27 heavy (non-hydrogen) atoms. The van der Waals surface area contributed by atoms with E-state index < -0.39 is 0 Å². The topological polar surface area (TPSA) is 64.1 Å². The molecule has 0 bridgehead atoms. The predicted octanol–water partition coefficient (Wildman–Crippen LogP) is 2.59. The summed E-state index contributed by atoms with van der Waals surface area (Å²) in [6.45, 7) is 10.3. The van der Waals surface area contributed by atoms with Crippen molar-refractivity contribution in [1.82, 2.24) is 10.6 Å². The Morgan fingerprint density at radius 3 is 2.89 bits per heavy atom. The van der Waals surface area contributed by atoms with E-state index in [-0.39, 0.29) is 6.10 Å². The lowest BCUT2D eigenvalue weighted by Gasteiger charge is -2.14. The molecule has 2 unspecified atom stereocenters. The zero-order valence-electron chi connectivity index (χ0n) is 16.8. The Hall–Kier alpha value is -1.63. The minimum absolute atomic E-state index is 0.281. The maximum atomic E-state index is 5.80. The van der Waals surface area contributed by atoms with Crippen LogP contribution in [0.1, 0.15) is 32.3 Å². The molecule has 0 spiro atoms. The minimum atomic E-state index is 0.281. The summed E-state index contributed by atoms with van der Waals surface area (Å²) in [4.78, 5) is 4.67. The number of nitrogens with one attached hydrogen (secondary N) is 2. The van der Waals surface area contributed by atoms with Crippen molar-refractivity contribution in [3.05, 3.63) is 35.9 Å². The van der Waals surface area contributed by atoms with E-state index in [1.807, 2.05) is 18.2 Å². The van der Waals surface area contributed by atoms with E-state index in [2.05, 4.69) is 41.6 Å². The number of benzene rings is 1. The van der Waals surface area contributed by atoms with Gasteiger partial charge < -0.3 is 24.8 Å². The van der Waals surface area contributed by atoms with Gasteiger partial charge in [0.1, 0.15) is 0 Å². The third-order valence-corrected chi connectivity index (χ3v) is 4.27. The van der Waals surface area contributed by atoms with Gasteiger partial charge in [0.15, 0.2) is 5.96 Å². The second-order valence-corrected chi connectivity index (χ2v) is 6.96. The first-order chi connectivity index (χ1) is 13.3. The fourth-order valence-corrected chi connectivity index (χ4v) is 2.77. The fraction of sp³-hybridized carbons (Fsp3) is 0.667. The second-order valence-electron chi connectivity index (χ2n) is 6.96. The van der Waals surface area contributed by atoms with Gasteiger partial charge in [-0.05, 0) is 31.2 Å². The van der Waals surface area contributed by atoms with Crippen LogP contribution >= 0.6 is 0 Å². The summed E-state index contributed by atoms with van der Waals surface area (Å²) >= 11 is 0.